The Hall–Kier alpha value is -1.88. The molecular weight excluding hydrogens is 322 g/mol. The zero-order chi connectivity index (χ0) is 14.9. The maximum atomic E-state index is 11.5. The molecule has 0 aliphatic carbocycles. The number of aromatic carboxylic acids is 1. The Morgan fingerprint density at radius 1 is 1.30 bits per heavy atom. The van der Waals surface area contributed by atoms with Crippen molar-refractivity contribution in [2.24, 2.45) is 0 Å². The van der Waals surface area contributed by atoms with Gasteiger partial charge in [0.1, 0.15) is 5.69 Å². The van der Waals surface area contributed by atoms with Crippen LogP contribution >= 0.6 is 15.9 Å². The molecule has 0 aliphatic rings. The van der Waals surface area contributed by atoms with E-state index in [1.165, 1.54) is 13.0 Å². The van der Waals surface area contributed by atoms with Crippen molar-refractivity contribution in [1.29, 1.82) is 0 Å². The smallest absolute Gasteiger partial charge is 0.352 e. The second-order valence-corrected chi connectivity index (χ2v) is 5.39. The molecule has 104 valence electrons. The van der Waals surface area contributed by atoms with Crippen LogP contribution < -0.4 is 0 Å². The van der Waals surface area contributed by atoms with Crippen LogP contribution in [0.2, 0.25) is 0 Å². The van der Waals surface area contributed by atoms with E-state index in [0.717, 1.165) is 22.1 Å². The third kappa shape index (κ3) is 2.67. The maximum absolute atomic E-state index is 11.5. The number of aromatic nitrogens is 1. The molecule has 0 atom stereocenters. The Kier molecular flexibility index (Phi) is 4.09. The van der Waals surface area contributed by atoms with Crippen molar-refractivity contribution in [3.05, 3.63) is 51.8 Å². The molecule has 2 aromatic rings. The third-order valence-corrected chi connectivity index (χ3v) is 3.62. The maximum Gasteiger partial charge on any atom is 0.352 e. The molecule has 1 aromatic heterocycles. The minimum absolute atomic E-state index is 0.0900. The number of rotatable bonds is 4. The normalized spacial score (nSPS) is 10.6. The summed E-state index contributed by atoms with van der Waals surface area (Å²) in [5, 5.41) is 9.30. The summed E-state index contributed by atoms with van der Waals surface area (Å²) in [7, 11) is 0. The first-order valence-electron chi connectivity index (χ1n) is 6.19. The lowest BCUT2D eigenvalue weighted by Crippen LogP contribution is -2.07. The Morgan fingerprint density at radius 3 is 2.55 bits per heavy atom. The lowest BCUT2D eigenvalue weighted by Gasteiger charge is -2.11. The summed E-state index contributed by atoms with van der Waals surface area (Å²) < 4.78 is 2.50. The topological polar surface area (TPSA) is 59.3 Å². The number of carboxylic acid groups (broad SMARTS) is 1. The molecule has 0 radical (unpaired) electrons. The van der Waals surface area contributed by atoms with Gasteiger partial charge in [0.25, 0.3) is 0 Å². The number of benzene rings is 1. The number of aryl methyl sites for hydroxylation is 1. The van der Waals surface area contributed by atoms with E-state index >= 15 is 0 Å². The number of carbonyl (C=O) groups is 2. The van der Waals surface area contributed by atoms with E-state index in [1.807, 2.05) is 25.1 Å². The van der Waals surface area contributed by atoms with Crippen molar-refractivity contribution in [3.63, 3.8) is 0 Å². The molecule has 0 saturated heterocycles. The molecule has 0 spiro atoms. The van der Waals surface area contributed by atoms with Crippen molar-refractivity contribution in [2.45, 2.75) is 20.3 Å². The summed E-state index contributed by atoms with van der Waals surface area (Å²) in [6.07, 6.45) is 2.34. The fourth-order valence-electron chi connectivity index (χ4n) is 2.09. The molecule has 0 saturated carbocycles. The Morgan fingerprint density at radius 2 is 2.00 bits per heavy atom. The zero-order valence-corrected chi connectivity index (χ0v) is 12.8. The number of nitrogens with zero attached hydrogens (tertiary/aromatic N) is 1. The summed E-state index contributed by atoms with van der Waals surface area (Å²) in [5.41, 5.74) is 2.27. The second kappa shape index (κ2) is 5.63. The van der Waals surface area contributed by atoms with Crippen LogP contribution in [0.15, 0.2) is 34.9 Å². The molecule has 4 nitrogen and oxygen atoms in total. The zero-order valence-electron chi connectivity index (χ0n) is 11.2. The van der Waals surface area contributed by atoms with E-state index in [0.29, 0.717) is 5.56 Å². The Balaban J connectivity index is 2.68. The van der Waals surface area contributed by atoms with Crippen molar-refractivity contribution in [3.8, 4) is 5.69 Å². The number of carbonyl (C=O) groups excluding carboxylic acids is 1. The van der Waals surface area contributed by atoms with Gasteiger partial charge in [0.05, 0.1) is 0 Å². The Bertz CT molecular complexity index is 688. The second-order valence-electron chi connectivity index (χ2n) is 4.47. The van der Waals surface area contributed by atoms with Gasteiger partial charge in [0.15, 0.2) is 5.78 Å². The van der Waals surface area contributed by atoms with Gasteiger partial charge in [-0.25, -0.2) is 4.79 Å². The van der Waals surface area contributed by atoms with Crippen molar-refractivity contribution >= 4 is 27.7 Å². The molecule has 2 rings (SSSR count). The first-order valence-corrected chi connectivity index (χ1v) is 6.98. The lowest BCUT2D eigenvalue weighted by molar-refractivity contribution is 0.0688. The highest BCUT2D eigenvalue weighted by Crippen LogP contribution is 2.24. The first-order chi connectivity index (χ1) is 9.43. The van der Waals surface area contributed by atoms with E-state index < -0.39 is 5.97 Å². The van der Waals surface area contributed by atoms with Crippen LogP contribution in [0.3, 0.4) is 0 Å². The minimum atomic E-state index is -1.05. The molecular formula is C15H14BrNO3. The molecule has 0 bridgehead atoms. The monoisotopic (exact) mass is 335 g/mol. The molecule has 0 amide bonds. The van der Waals surface area contributed by atoms with Crippen molar-refractivity contribution in [1.82, 2.24) is 4.57 Å². The van der Waals surface area contributed by atoms with E-state index in [-0.39, 0.29) is 11.5 Å². The standard InChI is InChI=1S/C15H14BrNO3/c1-3-10-6-12(16)4-5-13(10)17-8-11(9(2)18)7-14(17)15(19)20/h4-8H,3H2,1-2H3,(H,19,20). The average Bonchev–Trinajstić information content (AvgIpc) is 2.83. The molecule has 0 aliphatic heterocycles. The summed E-state index contributed by atoms with van der Waals surface area (Å²) >= 11 is 3.41. The number of carboxylic acids is 1. The number of ketones is 1. The SMILES string of the molecule is CCc1cc(Br)ccc1-n1cc(C(C)=O)cc1C(=O)O. The van der Waals surface area contributed by atoms with Crippen molar-refractivity contribution < 1.29 is 14.7 Å². The predicted molar refractivity (Wildman–Crippen MR) is 79.8 cm³/mol. The van der Waals surface area contributed by atoms with Gasteiger partial charge in [-0.2, -0.15) is 0 Å². The number of Topliss-reactive ketones (excluding diaryl/α,β-unsaturated/α-hetero) is 1. The van der Waals surface area contributed by atoms with Crippen LogP contribution in [0.4, 0.5) is 0 Å². The van der Waals surface area contributed by atoms with E-state index in [4.69, 9.17) is 0 Å². The molecule has 1 heterocycles. The van der Waals surface area contributed by atoms with Crippen LogP contribution in [-0.4, -0.2) is 21.4 Å². The summed E-state index contributed by atoms with van der Waals surface area (Å²) in [4.78, 5) is 22.8. The highest BCUT2D eigenvalue weighted by molar-refractivity contribution is 9.10. The largest absolute Gasteiger partial charge is 0.477 e. The van der Waals surface area contributed by atoms with Gasteiger partial charge in [0.2, 0.25) is 0 Å². The van der Waals surface area contributed by atoms with Gasteiger partial charge in [-0.3, -0.25) is 4.79 Å². The molecule has 1 aromatic carbocycles. The van der Waals surface area contributed by atoms with E-state index in [9.17, 15) is 14.7 Å². The van der Waals surface area contributed by atoms with Gasteiger partial charge in [0, 0.05) is 21.9 Å². The minimum Gasteiger partial charge on any atom is -0.477 e. The van der Waals surface area contributed by atoms with Gasteiger partial charge in [-0.1, -0.05) is 22.9 Å². The highest BCUT2D eigenvalue weighted by atomic mass is 79.9. The van der Waals surface area contributed by atoms with Gasteiger partial charge >= 0.3 is 5.97 Å². The summed E-state index contributed by atoms with van der Waals surface area (Å²) in [6.45, 7) is 3.43. The molecule has 0 fully saturated rings. The molecule has 1 N–H and O–H groups in total. The molecule has 20 heavy (non-hydrogen) atoms. The molecule has 5 heteroatoms. The quantitative estimate of drug-likeness (QED) is 0.866. The van der Waals surface area contributed by atoms with Crippen LogP contribution in [0.25, 0.3) is 5.69 Å². The Labute approximate surface area is 125 Å². The van der Waals surface area contributed by atoms with E-state index in [2.05, 4.69) is 15.9 Å². The van der Waals surface area contributed by atoms with Crippen LogP contribution in [0.5, 0.6) is 0 Å². The predicted octanol–water partition coefficient (Wildman–Crippen LogP) is 3.70. The first kappa shape index (κ1) is 14.5. The van der Waals surface area contributed by atoms with Gasteiger partial charge < -0.3 is 9.67 Å². The summed E-state index contributed by atoms with van der Waals surface area (Å²) in [5.74, 6) is -1.20. The third-order valence-electron chi connectivity index (χ3n) is 3.13. The fourth-order valence-corrected chi connectivity index (χ4v) is 2.50. The van der Waals surface area contributed by atoms with E-state index in [1.54, 1.807) is 10.8 Å². The fraction of sp³-hybridized carbons (Fsp3) is 0.200. The van der Waals surface area contributed by atoms with Crippen molar-refractivity contribution in [2.75, 3.05) is 0 Å². The average molecular weight is 336 g/mol. The van der Waals surface area contributed by atoms with Crippen LogP contribution in [0.1, 0.15) is 40.3 Å². The van der Waals surface area contributed by atoms with Crippen LogP contribution in [-0.2, 0) is 6.42 Å². The van der Waals surface area contributed by atoms with Gasteiger partial charge in [-0.15, -0.1) is 0 Å². The van der Waals surface area contributed by atoms with Crippen LogP contribution in [0, 0.1) is 0 Å². The lowest BCUT2D eigenvalue weighted by atomic mass is 10.1. The number of halogens is 1. The summed E-state index contributed by atoms with van der Waals surface area (Å²) in [6, 6.07) is 7.06. The highest BCUT2D eigenvalue weighted by Gasteiger charge is 2.17. The number of hydrogen-bond donors (Lipinski definition) is 1. The van der Waals surface area contributed by atoms with Gasteiger partial charge in [-0.05, 0) is 43.2 Å². The molecule has 0 unspecified atom stereocenters. The number of hydrogen-bond acceptors (Lipinski definition) is 2.